The van der Waals surface area contributed by atoms with Crippen molar-refractivity contribution in [1.82, 2.24) is 0 Å². The van der Waals surface area contributed by atoms with E-state index in [2.05, 4.69) is 4.18 Å². The number of fused-ring (bicyclic) bond motifs is 3. The zero-order valence-electron chi connectivity index (χ0n) is 10.5. The normalized spacial score (nSPS) is 14.2. The van der Waals surface area contributed by atoms with Gasteiger partial charge in [0.1, 0.15) is 0 Å². The molecule has 19 heavy (non-hydrogen) atoms. The van der Waals surface area contributed by atoms with Gasteiger partial charge < -0.3 is 0 Å². The second kappa shape index (κ2) is 4.47. The van der Waals surface area contributed by atoms with Crippen LogP contribution in [0.2, 0.25) is 0 Å². The number of benzene rings is 2. The Labute approximate surface area is 113 Å². The van der Waals surface area contributed by atoms with E-state index in [-0.39, 0.29) is 11.7 Å². The van der Waals surface area contributed by atoms with Gasteiger partial charge in [-0.05, 0) is 22.3 Å². The average molecular weight is 274 g/mol. The van der Waals surface area contributed by atoms with E-state index in [0.29, 0.717) is 0 Å². The first-order chi connectivity index (χ1) is 9.12. The Kier molecular flexibility index (Phi) is 2.92. The maximum absolute atomic E-state index is 11.8. The fourth-order valence-electron chi connectivity index (χ4n) is 2.71. The molecule has 0 spiro atoms. The van der Waals surface area contributed by atoms with Crippen LogP contribution in [0.1, 0.15) is 17.0 Å². The summed E-state index contributed by atoms with van der Waals surface area (Å²) in [4.78, 5) is 0. The molecule has 0 heterocycles. The lowest BCUT2D eigenvalue weighted by atomic mass is 9.99. The van der Waals surface area contributed by atoms with Crippen molar-refractivity contribution < 1.29 is 12.6 Å². The van der Waals surface area contributed by atoms with E-state index >= 15 is 0 Å². The Morgan fingerprint density at radius 1 is 0.947 bits per heavy atom. The highest BCUT2D eigenvalue weighted by atomic mass is 32.2. The molecule has 0 fully saturated rings. The number of rotatable bonds is 3. The highest BCUT2D eigenvalue weighted by Gasteiger charge is 2.31. The summed E-state index contributed by atoms with van der Waals surface area (Å²) in [5.74, 6) is -0.158. The quantitative estimate of drug-likeness (QED) is 0.808. The van der Waals surface area contributed by atoms with Crippen LogP contribution in [0.5, 0.6) is 0 Å². The van der Waals surface area contributed by atoms with Crippen LogP contribution < -0.4 is 0 Å². The minimum absolute atomic E-state index is 0.0163. The van der Waals surface area contributed by atoms with Crippen LogP contribution in [-0.2, 0) is 14.3 Å². The second-order valence-electron chi connectivity index (χ2n) is 4.62. The van der Waals surface area contributed by atoms with E-state index in [4.69, 9.17) is 0 Å². The Balaban J connectivity index is 2.15. The Hall–Kier alpha value is -1.65. The van der Waals surface area contributed by atoms with Crippen molar-refractivity contribution in [3.05, 3.63) is 59.7 Å². The molecule has 2 aromatic carbocycles. The molecule has 0 aliphatic heterocycles. The first-order valence-corrected chi connectivity index (χ1v) is 7.66. The maximum Gasteiger partial charge on any atom is 0.267 e. The van der Waals surface area contributed by atoms with Crippen molar-refractivity contribution in [3.63, 3.8) is 0 Å². The van der Waals surface area contributed by atoms with Gasteiger partial charge in [-0.15, -0.1) is 0 Å². The van der Waals surface area contributed by atoms with Crippen molar-refractivity contribution in [2.24, 2.45) is 0 Å². The molecule has 0 radical (unpaired) electrons. The third-order valence-corrected chi connectivity index (χ3v) is 4.84. The number of hydrogen-bond acceptors (Lipinski definition) is 3. The van der Waals surface area contributed by atoms with E-state index in [1.54, 1.807) is 0 Å². The third kappa shape index (κ3) is 2.07. The summed E-state index contributed by atoms with van der Waals surface area (Å²) in [6.07, 6.45) is 0. The smallest absolute Gasteiger partial charge is 0.267 e. The fourth-order valence-corrected chi connectivity index (χ4v) is 3.62. The van der Waals surface area contributed by atoms with Gasteiger partial charge in [0, 0.05) is 5.92 Å². The molecule has 0 saturated heterocycles. The summed E-state index contributed by atoms with van der Waals surface area (Å²) in [5, 5.41) is 0. The topological polar surface area (TPSA) is 43.4 Å². The van der Waals surface area contributed by atoms with Gasteiger partial charge in [0.2, 0.25) is 0 Å². The molecule has 3 nitrogen and oxygen atoms in total. The lowest BCUT2D eigenvalue weighted by Crippen LogP contribution is -2.15. The second-order valence-corrected chi connectivity index (χ2v) is 6.40. The molecule has 0 N–H and O–H groups in total. The summed E-state index contributed by atoms with van der Waals surface area (Å²) < 4.78 is 28.1. The van der Waals surface area contributed by atoms with Crippen molar-refractivity contribution in [3.8, 4) is 11.1 Å². The van der Waals surface area contributed by atoms with Gasteiger partial charge in [-0.1, -0.05) is 48.5 Å². The molecule has 0 atom stereocenters. The molecule has 0 bridgehead atoms. The number of hydrogen-bond donors (Lipinski definition) is 0. The molecule has 1 aliphatic rings. The molecular formula is C15H14O3S. The van der Waals surface area contributed by atoms with E-state index < -0.39 is 10.1 Å². The third-order valence-electron chi connectivity index (χ3n) is 3.59. The average Bonchev–Trinajstić information content (AvgIpc) is 2.74. The molecule has 98 valence electrons. The standard InChI is InChI=1S/C15H14O3S/c1-18-19(16,17)10-15-13-8-4-2-6-11(13)12-7-3-5-9-14(12)15/h2-9,15H,10H2,1H3. The summed E-state index contributed by atoms with van der Waals surface area (Å²) >= 11 is 0. The Morgan fingerprint density at radius 2 is 1.42 bits per heavy atom. The van der Waals surface area contributed by atoms with E-state index in [9.17, 15) is 8.42 Å². The first kappa shape index (κ1) is 12.4. The molecular weight excluding hydrogens is 260 g/mol. The largest absolute Gasteiger partial charge is 0.273 e. The maximum atomic E-state index is 11.8. The zero-order chi connectivity index (χ0) is 13.5. The minimum atomic E-state index is -3.49. The SMILES string of the molecule is COS(=O)(=O)CC1c2ccccc2-c2ccccc21. The van der Waals surface area contributed by atoms with Gasteiger partial charge in [-0.25, -0.2) is 0 Å². The monoisotopic (exact) mass is 274 g/mol. The molecule has 3 rings (SSSR count). The Morgan fingerprint density at radius 3 is 1.89 bits per heavy atom. The summed E-state index contributed by atoms with van der Waals surface area (Å²) in [6.45, 7) is 0. The van der Waals surface area contributed by atoms with Crippen molar-refractivity contribution >= 4 is 10.1 Å². The first-order valence-electron chi connectivity index (χ1n) is 6.09. The van der Waals surface area contributed by atoms with Gasteiger partial charge in [0.05, 0.1) is 12.9 Å². The summed E-state index contributed by atoms with van der Waals surface area (Å²) in [5.41, 5.74) is 4.36. The van der Waals surface area contributed by atoms with Crippen LogP contribution in [0.4, 0.5) is 0 Å². The molecule has 2 aromatic rings. The molecule has 4 heteroatoms. The van der Waals surface area contributed by atoms with Gasteiger partial charge in [-0.3, -0.25) is 4.18 Å². The van der Waals surface area contributed by atoms with E-state index in [0.717, 1.165) is 22.3 Å². The highest BCUT2D eigenvalue weighted by molar-refractivity contribution is 7.86. The molecule has 1 aliphatic carbocycles. The van der Waals surface area contributed by atoms with Crippen LogP contribution in [0.25, 0.3) is 11.1 Å². The predicted octanol–water partition coefficient (Wildman–Crippen LogP) is 2.78. The van der Waals surface area contributed by atoms with E-state index in [1.807, 2.05) is 48.5 Å². The molecule has 0 aromatic heterocycles. The lowest BCUT2D eigenvalue weighted by Gasteiger charge is -2.12. The molecule has 0 amide bonds. The summed E-state index contributed by atoms with van der Waals surface area (Å²) in [6, 6.07) is 15.9. The van der Waals surface area contributed by atoms with Gasteiger partial charge in [-0.2, -0.15) is 8.42 Å². The van der Waals surface area contributed by atoms with Crippen molar-refractivity contribution in [1.29, 1.82) is 0 Å². The van der Waals surface area contributed by atoms with Crippen molar-refractivity contribution in [2.45, 2.75) is 5.92 Å². The fraction of sp³-hybridized carbons (Fsp3) is 0.200. The zero-order valence-corrected chi connectivity index (χ0v) is 11.4. The Bertz CT molecular complexity index is 674. The van der Waals surface area contributed by atoms with E-state index in [1.165, 1.54) is 7.11 Å². The predicted molar refractivity (Wildman–Crippen MR) is 74.5 cm³/mol. The van der Waals surface area contributed by atoms with Crippen molar-refractivity contribution in [2.75, 3.05) is 12.9 Å². The lowest BCUT2D eigenvalue weighted by molar-refractivity contribution is 0.396. The minimum Gasteiger partial charge on any atom is -0.273 e. The van der Waals surface area contributed by atoms with Gasteiger partial charge in [0.25, 0.3) is 10.1 Å². The van der Waals surface area contributed by atoms with Crippen LogP contribution >= 0.6 is 0 Å². The van der Waals surface area contributed by atoms with Gasteiger partial charge in [0.15, 0.2) is 0 Å². The van der Waals surface area contributed by atoms with Crippen LogP contribution in [-0.4, -0.2) is 21.3 Å². The molecule has 0 unspecified atom stereocenters. The van der Waals surface area contributed by atoms with Crippen LogP contribution in [0.15, 0.2) is 48.5 Å². The summed E-state index contributed by atoms with van der Waals surface area (Å²) in [7, 11) is -2.28. The highest BCUT2D eigenvalue weighted by Crippen LogP contribution is 2.44. The molecule has 0 saturated carbocycles. The van der Waals surface area contributed by atoms with Gasteiger partial charge >= 0.3 is 0 Å². The van der Waals surface area contributed by atoms with Crippen LogP contribution in [0, 0.1) is 0 Å². The van der Waals surface area contributed by atoms with Crippen LogP contribution in [0.3, 0.4) is 0 Å².